The van der Waals surface area contributed by atoms with Crippen molar-refractivity contribution in [2.45, 2.75) is 13.5 Å². The molecule has 6 nitrogen and oxygen atoms in total. The summed E-state index contributed by atoms with van der Waals surface area (Å²) in [7, 11) is 3.56. The zero-order valence-corrected chi connectivity index (χ0v) is 13.8. The summed E-state index contributed by atoms with van der Waals surface area (Å²) in [5, 5.41) is 3.53. The van der Waals surface area contributed by atoms with Gasteiger partial charge in [0.1, 0.15) is 6.54 Å². The number of nitrogens with one attached hydrogen (secondary N) is 1. The highest BCUT2D eigenvalue weighted by Crippen LogP contribution is 2.11. The van der Waals surface area contributed by atoms with Crippen LogP contribution in [0.3, 0.4) is 0 Å². The smallest absolute Gasteiger partial charge is 0.261 e. The van der Waals surface area contributed by atoms with Gasteiger partial charge in [-0.1, -0.05) is 12.1 Å². The first kappa shape index (κ1) is 18.1. The number of likely N-dealkylation sites (N-methyl/N-ethyl adjacent to an activating group) is 2. The fourth-order valence-corrected chi connectivity index (χ4v) is 2.12. The van der Waals surface area contributed by atoms with Crippen molar-refractivity contribution < 1.29 is 4.79 Å². The zero-order chi connectivity index (χ0) is 15.4. The molecule has 120 valence electrons. The van der Waals surface area contributed by atoms with Gasteiger partial charge in [0.15, 0.2) is 0 Å². The predicted octanol–water partition coefficient (Wildman–Crippen LogP) is 0.805. The van der Waals surface area contributed by atoms with Gasteiger partial charge in [-0.25, -0.2) is 4.98 Å². The number of halogens is 1. The van der Waals surface area contributed by atoms with E-state index in [1.807, 2.05) is 26.1 Å². The fraction of sp³-hybridized carbons (Fsp3) is 0.400. The Morgan fingerprint density at radius 1 is 1.41 bits per heavy atom. The van der Waals surface area contributed by atoms with Crippen molar-refractivity contribution in [1.29, 1.82) is 0 Å². The Morgan fingerprint density at radius 2 is 2.14 bits per heavy atom. The van der Waals surface area contributed by atoms with Gasteiger partial charge in [0.25, 0.3) is 5.56 Å². The quantitative estimate of drug-likeness (QED) is 0.883. The normalized spacial score (nSPS) is 10.3. The fourth-order valence-electron chi connectivity index (χ4n) is 2.12. The van der Waals surface area contributed by atoms with Crippen LogP contribution in [-0.2, 0) is 11.3 Å². The van der Waals surface area contributed by atoms with Crippen LogP contribution in [0.1, 0.15) is 5.56 Å². The maximum atomic E-state index is 12.4. The lowest BCUT2D eigenvalue weighted by atomic mass is 10.1. The van der Waals surface area contributed by atoms with E-state index >= 15 is 0 Å². The highest BCUT2D eigenvalue weighted by molar-refractivity contribution is 5.85. The Labute approximate surface area is 135 Å². The average molecular weight is 325 g/mol. The first-order valence-electron chi connectivity index (χ1n) is 6.88. The Morgan fingerprint density at radius 3 is 2.82 bits per heavy atom. The van der Waals surface area contributed by atoms with Crippen LogP contribution in [-0.4, -0.2) is 47.5 Å². The minimum absolute atomic E-state index is 0. The van der Waals surface area contributed by atoms with E-state index in [9.17, 15) is 9.59 Å². The van der Waals surface area contributed by atoms with E-state index < -0.39 is 0 Å². The minimum atomic E-state index is -0.181. The van der Waals surface area contributed by atoms with Crippen LogP contribution >= 0.6 is 12.4 Å². The van der Waals surface area contributed by atoms with Crippen molar-refractivity contribution in [3.05, 3.63) is 40.4 Å². The van der Waals surface area contributed by atoms with Crippen LogP contribution in [0.2, 0.25) is 0 Å². The van der Waals surface area contributed by atoms with Crippen LogP contribution in [0.15, 0.2) is 29.3 Å². The lowest BCUT2D eigenvalue weighted by molar-refractivity contribution is -0.130. The molecule has 1 amide bonds. The number of aryl methyl sites for hydroxylation is 1. The molecular formula is C15H21ClN4O2. The number of hydrogen-bond donors (Lipinski definition) is 1. The maximum Gasteiger partial charge on any atom is 0.261 e. The third kappa shape index (κ3) is 3.84. The molecule has 22 heavy (non-hydrogen) atoms. The van der Waals surface area contributed by atoms with E-state index in [-0.39, 0.29) is 30.4 Å². The van der Waals surface area contributed by atoms with E-state index in [1.165, 1.54) is 10.9 Å². The monoisotopic (exact) mass is 324 g/mol. The molecular weight excluding hydrogens is 304 g/mol. The van der Waals surface area contributed by atoms with Gasteiger partial charge in [-0.3, -0.25) is 14.2 Å². The molecule has 0 fully saturated rings. The summed E-state index contributed by atoms with van der Waals surface area (Å²) in [5.41, 5.74) is 1.46. The van der Waals surface area contributed by atoms with Gasteiger partial charge in [-0.15, -0.1) is 12.4 Å². The number of nitrogens with zero attached hydrogens (tertiary/aromatic N) is 3. The molecule has 0 saturated carbocycles. The summed E-state index contributed by atoms with van der Waals surface area (Å²) < 4.78 is 1.36. The SMILES string of the molecule is CNCCN(C)C(=O)Cn1cnc2c(C)cccc2c1=O.Cl. The van der Waals surface area contributed by atoms with Gasteiger partial charge in [0.2, 0.25) is 5.91 Å². The number of rotatable bonds is 5. The summed E-state index contributed by atoms with van der Waals surface area (Å²) in [5.74, 6) is -0.110. The molecule has 2 aromatic rings. The number of hydrogen-bond acceptors (Lipinski definition) is 4. The summed E-state index contributed by atoms with van der Waals surface area (Å²) in [6.07, 6.45) is 1.45. The van der Waals surface area contributed by atoms with Gasteiger partial charge >= 0.3 is 0 Å². The van der Waals surface area contributed by atoms with Crippen LogP contribution in [0.5, 0.6) is 0 Å². The highest BCUT2D eigenvalue weighted by atomic mass is 35.5. The van der Waals surface area contributed by atoms with Crippen LogP contribution in [0, 0.1) is 6.92 Å². The molecule has 1 heterocycles. The Kier molecular flexibility index (Phi) is 6.52. The van der Waals surface area contributed by atoms with Crippen molar-refractivity contribution in [1.82, 2.24) is 19.8 Å². The molecule has 0 radical (unpaired) electrons. The molecule has 0 aliphatic rings. The standard InChI is InChI=1S/C15H20N4O2.ClH/c1-11-5-4-6-12-14(11)17-10-19(15(12)21)9-13(20)18(3)8-7-16-2;/h4-6,10,16H,7-9H2,1-3H3;1H. The first-order valence-corrected chi connectivity index (χ1v) is 6.88. The average Bonchev–Trinajstić information content (AvgIpc) is 2.48. The number of fused-ring (bicyclic) bond motifs is 1. The summed E-state index contributed by atoms with van der Waals surface area (Å²) in [6.45, 7) is 3.24. The van der Waals surface area contributed by atoms with E-state index in [0.717, 1.165) is 5.56 Å². The van der Waals surface area contributed by atoms with Gasteiger partial charge in [0, 0.05) is 20.1 Å². The van der Waals surface area contributed by atoms with E-state index in [4.69, 9.17) is 0 Å². The first-order chi connectivity index (χ1) is 10.0. The number of carbonyl (C=O) groups is 1. The largest absolute Gasteiger partial charge is 0.343 e. The van der Waals surface area contributed by atoms with Crippen molar-refractivity contribution in [3.8, 4) is 0 Å². The number of amides is 1. The molecule has 1 aromatic carbocycles. The molecule has 1 N–H and O–H groups in total. The molecule has 0 unspecified atom stereocenters. The van der Waals surface area contributed by atoms with Gasteiger partial charge in [-0.05, 0) is 25.6 Å². The van der Waals surface area contributed by atoms with Crippen LogP contribution in [0.25, 0.3) is 10.9 Å². The molecule has 0 aliphatic carbocycles. The molecule has 0 bridgehead atoms. The molecule has 0 aliphatic heterocycles. The second-order valence-corrected chi connectivity index (χ2v) is 5.07. The van der Waals surface area contributed by atoms with E-state index in [0.29, 0.717) is 24.0 Å². The number of benzene rings is 1. The van der Waals surface area contributed by atoms with Gasteiger partial charge in [-0.2, -0.15) is 0 Å². The second kappa shape index (κ2) is 7.91. The van der Waals surface area contributed by atoms with Crippen molar-refractivity contribution >= 4 is 29.2 Å². The van der Waals surface area contributed by atoms with Gasteiger partial charge < -0.3 is 10.2 Å². The highest BCUT2D eigenvalue weighted by Gasteiger charge is 2.12. The molecule has 1 aromatic heterocycles. The minimum Gasteiger partial charge on any atom is -0.343 e. The number of carbonyl (C=O) groups excluding carboxylic acids is 1. The van der Waals surface area contributed by atoms with Crippen molar-refractivity contribution in [2.75, 3.05) is 27.2 Å². The Bertz CT molecular complexity index is 714. The third-order valence-electron chi connectivity index (χ3n) is 3.48. The maximum absolute atomic E-state index is 12.4. The van der Waals surface area contributed by atoms with E-state index in [2.05, 4.69) is 10.3 Å². The second-order valence-electron chi connectivity index (χ2n) is 5.07. The van der Waals surface area contributed by atoms with Crippen LogP contribution < -0.4 is 10.9 Å². The molecule has 0 spiro atoms. The number of aromatic nitrogens is 2. The summed E-state index contributed by atoms with van der Waals surface area (Å²) >= 11 is 0. The molecule has 0 saturated heterocycles. The lowest BCUT2D eigenvalue weighted by Gasteiger charge is -2.17. The predicted molar refractivity (Wildman–Crippen MR) is 89.6 cm³/mol. The van der Waals surface area contributed by atoms with Crippen LogP contribution in [0.4, 0.5) is 0 Å². The summed E-state index contributed by atoms with van der Waals surface area (Å²) in [6, 6.07) is 5.48. The van der Waals surface area contributed by atoms with Crippen molar-refractivity contribution in [2.24, 2.45) is 0 Å². The topological polar surface area (TPSA) is 67.2 Å². The molecule has 7 heteroatoms. The Balaban J connectivity index is 0.00000242. The lowest BCUT2D eigenvalue weighted by Crippen LogP contribution is -2.37. The van der Waals surface area contributed by atoms with Crippen molar-refractivity contribution in [3.63, 3.8) is 0 Å². The molecule has 2 rings (SSSR count). The summed E-state index contributed by atoms with van der Waals surface area (Å²) in [4.78, 5) is 30.4. The van der Waals surface area contributed by atoms with Gasteiger partial charge in [0.05, 0.1) is 17.2 Å². The number of para-hydroxylation sites is 1. The zero-order valence-electron chi connectivity index (χ0n) is 13.0. The molecule has 0 atom stereocenters. The Hall–Kier alpha value is -1.92. The third-order valence-corrected chi connectivity index (χ3v) is 3.48. The van der Waals surface area contributed by atoms with E-state index in [1.54, 1.807) is 18.0 Å².